The lowest BCUT2D eigenvalue weighted by Gasteiger charge is -2.48. The van der Waals surface area contributed by atoms with Gasteiger partial charge in [0.2, 0.25) is 5.91 Å². The lowest BCUT2D eigenvalue weighted by Crippen LogP contribution is -2.68. The Morgan fingerprint density at radius 1 is 1.47 bits per heavy atom. The van der Waals surface area contributed by atoms with Gasteiger partial charge >= 0.3 is 5.97 Å². The van der Waals surface area contributed by atoms with Gasteiger partial charge in [-0.05, 0) is 5.57 Å². The smallest absolute Gasteiger partial charge is 0.352 e. The van der Waals surface area contributed by atoms with Gasteiger partial charge in [0.1, 0.15) is 29.6 Å². The van der Waals surface area contributed by atoms with Crippen molar-refractivity contribution in [3.05, 3.63) is 34.4 Å². The number of rotatable bonds is 6. The summed E-state index contributed by atoms with van der Waals surface area (Å²) in [6.07, 6.45) is 2.87. The van der Waals surface area contributed by atoms with Crippen molar-refractivity contribution in [1.82, 2.24) is 25.9 Å². The molecular weight excluding hydrogens is 438 g/mol. The summed E-state index contributed by atoms with van der Waals surface area (Å²) in [5.41, 5.74) is 10.5. The molecule has 0 bridgehead atoms. The minimum absolute atomic E-state index is 0.0708. The summed E-state index contributed by atoms with van der Waals surface area (Å²) >= 11 is 2.60. The van der Waals surface area contributed by atoms with Crippen LogP contribution in [0.15, 0.2) is 39.4 Å². The zero-order valence-electron chi connectivity index (χ0n) is 15.2. The number of nitrogens with two attached hydrogens (primary N) is 1. The molecule has 4 rings (SSSR count). The number of carboxylic acids is 1. The van der Waals surface area contributed by atoms with Crippen molar-refractivity contribution in [2.45, 2.75) is 11.4 Å². The first-order valence-electron chi connectivity index (χ1n) is 8.54. The summed E-state index contributed by atoms with van der Waals surface area (Å²) in [6.45, 7) is -0.362. The first-order chi connectivity index (χ1) is 14.3. The third kappa shape index (κ3) is 3.34. The molecule has 2 atom stereocenters. The lowest BCUT2D eigenvalue weighted by atomic mass is 10.0. The van der Waals surface area contributed by atoms with Gasteiger partial charge in [-0.25, -0.2) is 20.3 Å². The molecule has 13 nitrogen and oxygen atoms in total. The van der Waals surface area contributed by atoms with Crippen molar-refractivity contribution in [1.29, 1.82) is 0 Å². The number of nitrogens with one attached hydrogen (secondary N) is 2. The van der Waals surface area contributed by atoms with Crippen molar-refractivity contribution < 1.29 is 29.8 Å². The molecule has 4 aliphatic rings. The number of nitrogens with zero attached hydrogens (tertiary/aromatic N) is 4. The molecule has 0 aromatic carbocycles. The predicted octanol–water partition coefficient (Wildman–Crippen LogP) is -2.11. The minimum Gasteiger partial charge on any atom is -0.477 e. The summed E-state index contributed by atoms with van der Waals surface area (Å²) in [6, 6.07) is -0.707. The third-order valence-corrected chi connectivity index (χ3v) is 7.07. The van der Waals surface area contributed by atoms with E-state index >= 15 is 0 Å². The molecule has 160 valence electrons. The summed E-state index contributed by atoms with van der Waals surface area (Å²) < 4.78 is 0. The number of β-lactam (4-membered cyclic amide) rings is 1. The first kappa shape index (κ1) is 20.7. The van der Waals surface area contributed by atoms with Crippen LogP contribution in [0, 0.1) is 0 Å². The van der Waals surface area contributed by atoms with Crippen LogP contribution in [0.3, 0.4) is 0 Å². The van der Waals surface area contributed by atoms with Gasteiger partial charge in [0.25, 0.3) is 5.91 Å². The highest BCUT2D eigenvalue weighted by Gasteiger charge is 2.51. The Bertz CT molecular complexity index is 948. The Hall–Kier alpha value is -2.56. The summed E-state index contributed by atoms with van der Waals surface area (Å²) in [7, 11) is 0. The Morgan fingerprint density at radius 3 is 2.90 bits per heavy atom. The van der Waals surface area contributed by atoms with E-state index in [4.69, 9.17) is 10.9 Å². The van der Waals surface area contributed by atoms with Crippen LogP contribution in [0.2, 0.25) is 0 Å². The molecule has 0 aliphatic carbocycles. The van der Waals surface area contributed by atoms with Crippen LogP contribution in [-0.4, -0.2) is 83.5 Å². The normalized spacial score (nSPS) is 25.2. The molecule has 0 aromatic rings. The molecule has 15 heteroatoms. The topological polar surface area (TPSA) is 184 Å². The van der Waals surface area contributed by atoms with E-state index < -0.39 is 23.8 Å². The van der Waals surface area contributed by atoms with Crippen LogP contribution in [0.1, 0.15) is 0 Å². The average Bonchev–Trinajstić information content (AvgIpc) is 3.18. The molecule has 4 heterocycles. The number of aliphatic hydroxyl groups is 1. The number of carboxylic acid groups (broad SMARTS) is 1. The minimum atomic E-state index is -1.21. The molecule has 0 saturated carbocycles. The Kier molecular flexibility index (Phi) is 5.48. The highest BCUT2D eigenvalue weighted by atomic mass is 32.2. The van der Waals surface area contributed by atoms with Gasteiger partial charge in [0.15, 0.2) is 5.82 Å². The zero-order valence-corrected chi connectivity index (χ0v) is 16.8. The highest BCUT2D eigenvalue weighted by molar-refractivity contribution is 8.03. The van der Waals surface area contributed by atoms with E-state index in [1.54, 1.807) is 0 Å². The van der Waals surface area contributed by atoms with Gasteiger partial charge in [0, 0.05) is 17.6 Å². The van der Waals surface area contributed by atoms with Gasteiger partial charge in [-0.3, -0.25) is 24.7 Å². The standard InChI is InChI=1S/C15H17N7O6S2/c16-10-13(25)21-11(15(26)27)6(4-30-14(10)21)3-29-9-1-7(12(24)18-28)17-8-2-20(5-23)19-22(8)9/h1-2,10,14,19,23,28H,3-5,16H2,(H,18,24)(H,26,27)/t10-,14-/m1/s1. The highest BCUT2D eigenvalue weighted by Crippen LogP contribution is 2.41. The summed E-state index contributed by atoms with van der Waals surface area (Å²) in [5, 5.41) is 30.8. The molecule has 0 unspecified atom stereocenters. The van der Waals surface area contributed by atoms with Gasteiger partial charge in [-0.15, -0.1) is 29.1 Å². The van der Waals surface area contributed by atoms with Crippen LogP contribution >= 0.6 is 23.5 Å². The van der Waals surface area contributed by atoms with Crippen molar-refractivity contribution in [2.75, 3.05) is 18.2 Å². The summed E-state index contributed by atoms with van der Waals surface area (Å²) in [4.78, 5) is 41.0. The molecule has 1 saturated heterocycles. The number of carbonyl (C=O) groups excluding carboxylic acids is 2. The SMILES string of the molecule is N[C@@H]1C(=O)N2C(C(=O)O)=C(CSC3=CC(C(=O)NO)=NC4=CN(CO)NN43)CS[C@H]12. The molecule has 0 aromatic heterocycles. The van der Waals surface area contributed by atoms with E-state index in [0.717, 1.165) is 0 Å². The van der Waals surface area contributed by atoms with E-state index in [-0.39, 0.29) is 29.3 Å². The maximum absolute atomic E-state index is 12.1. The fraction of sp³-hybridized carbons (Fsp3) is 0.333. The number of thioether (sulfide) groups is 2. The number of fused-ring (bicyclic) bond motifs is 2. The van der Waals surface area contributed by atoms with E-state index in [9.17, 15) is 24.6 Å². The molecule has 0 spiro atoms. The molecule has 30 heavy (non-hydrogen) atoms. The van der Waals surface area contributed by atoms with E-state index in [2.05, 4.69) is 10.5 Å². The zero-order chi connectivity index (χ0) is 21.6. The maximum Gasteiger partial charge on any atom is 0.352 e. The number of carbonyl (C=O) groups is 3. The molecule has 7 N–H and O–H groups in total. The molecule has 2 amide bonds. The largest absolute Gasteiger partial charge is 0.477 e. The van der Waals surface area contributed by atoms with Crippen molar-refractivity contribution in [3.63, 3.8) is 0 Å². The second kappa shape index (κ2) is 7.93. The number of aliphatic carboxylic acids is 1. The van der Waals surface area contributed by atoms with Gasteiger partial charge < -0.3 is 15.9 Å². The summed E-state index contributed by atoms with van der Waals surface area (Å²) in [5.74, 6) is -1.56. The van der Waals surface area contributed by atoms with E-state index in [1.807, 2.05) is 0 Å². The van der Waals surface area contributed by atoms with Crippen LogP contribution < -0.4 is 16.7 Å². The molecular formula is C15H17N7O6S2. The van der Waals surface area contributed by atoms with Crippen LogP contribution in [0.4, 0.5) is 0 Å². The number of hydrazine groups is 2. The van der Waals surface area contributed by atoms with Gasteiger partial charge in [-0.1, -0.05) is 0 Å². The Balaban J connectivity index is 1.59. The number of aliphatic imine (C=N–C) groups is 1. The monoisotopic (exact) mass is 455 g/mol. The van der Waals surface area contributed by atoms with Crippen LogP contribution in [0.25, 0.3) is 0 Å². The van der Waals surface area contributed by atoms with Gasteiger partial charge in [-0.2, -0.15) is 0 Å². The second-order valence-corrected chi connectivity index (χ2v) is 8.54. The van der Waals surface area contributed by atoms with Crippen molar-refractivity contribution in [3.8, 4) is 0 Å². The fourth-order valence-corrected chi connectivity index (χ4v) is 5.63. The first-order valence-corrected chi connectivity index (χ1v) is 10.6. The quantitative estimate of drug-likeness (QED) is 0.146. The molecule has 1 fully saturated rings. The molecule has 0 radical (unpaired) electrons. The maximum atomic E-state index is 12.1. The average molecular weight is 455 g/mol. The number of aliphatic hydroxyl groups excluding tert-OH is 1. The van der Waals surface area contributed by atoms with Crippen LogP contribution in [-0.2, 0) is 14.4 Å². The number of hydrogen-bond donors (Lipinski definition) is 6. The van der Waals surface area contributed by atoms with Crippen molar-refractivity contribution >= 4 is 47.0 Å². The van der Waals surface area contributed by atoms with Gasteiger partial charge in [0.05, 0.1) is 11.2 Å². The lowest BCUT2D eigenvalue weighted by molar-refractivity contribution is -0.147. The van der Waals surface area contributed by atoms with E-state index in [1.165, 1.54) is 56.2 Å². The third-order valence-electron chi connectivity index (χ3n) is 4.62. The number of amides is 2. The second-order valence-electron chi connectivity index (χ2n) is 6.44. The van der Waals surface area contributed by atoms with Crippen molar-refractivity contribution in [2.24, 2.45) is 10.7 Å². The Labute approximate surface area is 177 Å². The number of hydrogen-bond acceptors (Lipinski definition) is 12. The van der Waals surface area contributed by atoms with Crippen LogP contribution in [0.5, 0.6) is 0 Å². The predicted molar refractivity (Wildman–Crippen MR) is 106 cm³/mol. The fourth-order valence-electron chi connectivity index (χ4n) is 3.19. The number of hydroxylamine groups is 1. The van der Waals surface area contributed by atoms with E-state index in [0.29, 0.717) is 22.2 Å². The molecule has 4 aliphatic heterocycles. The Morgan fingerprint density at radius 2 is 2.23 bits per heavy atom.